The highest BCUT2D eigenvalue weighted by Gasteiger charge is 2.11. The summed E-state index contributed by atoms with van der Waals surface area (Å²) in [4.78, 5) is 3.90. The Hall–Kier alpha value is -0.990. The van der Waals surface area contributed by atoms with Gasteiger partial charge in [0.15, 0.2) is 0 Å². The minimum atomic E-state index is 0.262. The van der Waals surface area contributed by atoms with Crippen LogP contribution in [0.2, 0.25) is 0 Å². The maximum Gasteiger partial charge on any atom is 0.138 e. The Morgan fingerprint density at radius 1 is 1.36 bits per heavy atom. The number of aromatic nitrogens is 3. The fourth-order valence-electron chi connectivity index (χ4n) is 0.899. The Bertz CT molecular complexity index is 213. The van der Waals surface area contributed by atoms with Crippen molar-refractivity contribution in [3.05, 3.63) is 18.2 Å². The van der Waals surface area contributed by atoms with Crippen molar-refractivity contribution < 1.29 is 0 Å². The molecular weight excluding hydrogens is 138 g/mol. The van der Waals surface area contributed by atoms with E-state index >= 15 is 0 Å². The summed E-state index contributed by atoms with van der Waals surface area (Å²) in [6.07, 6.45) is 4.14. The predicted octanol–water partition coefficient (Wildman–Crippen LogP) is 1.46. The van der Waals surface area contributed by atoms with Crippen LogP contribution in [0.4, 0.5) is 0 Å². The van der Waals surface area contributed by atoms with Gasteiger partial charge in [-0.05, 0) is 11.8 Å². The second-order valence-electron chi connectivity index (χ2n) is 3.84. The number of hydrogen-bond acceptors (Lipinski definition) is 3. The fourth-order valence-corrected chi connectivity index (χ4v) is 0.899. The summed E-state index contributed by atoms with van der Waals surface area (Å²) in [6, 6.07) is 0. The molecule has 0 saturated heterocycles. The van der Waals surface area contributed by atoms with Gasteiger partial charge in [-0.1, -0.05) is 20.8 Å². The SMILES string of the molecule is CC(C)(C)Cc1cncnn1. The minimum Gasteiger partial charge on any atom is -0.241 e. The quantitative estimate of drug-likeness (QED) is 0.610. The van der Waals surface area contributed by atoms with E-state index in [0.29, 0.717) is 0 Å². The smallest absolute Gasteiger partial charge is 0.138 e. The van der Waals surface area contributed by atoms with Crippen LogP contribution in [0.1, 0.15) is 26.5 Å². The Morgan fingerprint density at radius 2 is 2.09 bits per heavy atom. The molecule has 0 aliphatic rings. The Labute approximate surface area is 66.9 Å². The summed E-state index contributed by atoms with van der Waals surface area (Å²) in [6.45, 7) is 6.51. The van der Waals surface area contributed by atoms with E-state index in [1.807, 2.05) is 0 Å². The molecule has 1 heterocycles. The average Bonchev–Trinajstić information content (AvgIpc) is 1.85. The van der Waals surface area contributed by atoms with Crippen molar-refractivity contribution in [3.8, 4) is 0 Å². The lowest BCUT2D eigenvalue weighted by atomic mass is 9.91. The van der Waals surface area contributed by atoms with Crippen molar-refractivity contribution in [3.63, 3.8) is 0 Å². The van der Waals surface area contributed by atoms with E-state index in [4.69, 9.17) is 0 Å². The minimum absolute atomic E-state index is 0.262. The van der Waals surface area contributed by atoms with Gasteiger partial charge >= 0.3 is 0 Å². The third-order valence-corrected chi connectivity index (χ3v) is 1.24. The van der Waals surface area contributed by atoms with E-state index in [0.717, 1.165) is 12.1 Å². The Balaban J connectivity index is 2.66. The molecule has 11 heavy (non-hydrogen) atoms. The Morgan fingerprint density at radius 3 is 2.55 bits per heavy atom. The lowest BCUT2D eigenvalue weighted by Crippen LogP contribution is -2.11. The monoisotopic (exact) mass is 151 g/mol. The van der Waals surface area contributed by atoms with Gasteiger partial charge in [0.25, 0.3) is 0 Å². The molecule has 0 bridgehead atoms. The van der Waals surface area contributed by atoms with Gasteiger partial charge in [0.05, 0.1) is 11.9 Å². The van der Waals surface area contributed by atoms with Crippen molar-refractivity contribution in [1.29, 1.82) is 0 Å². The van der Waals surface area contributed by atoms with Crippen molar-refractivity contribution in [2.45, 2.75) is 27.2 Å². The highest BCUT2D eigenvalue weighted by atomic mass is 15.1. The van der Waals surface area contributed by atoms with Gasteiger partial charge in [-0.3, -0.25) is 0 Å². The van der Waals surface area contributed by atoms with Crippen LogP contribution in [0.3, 0.4) is 0 Å². The molecule has 0 aliphatic heterocycles. The first-order valence-corrected chi connectivity index (χ1v) is 3.69. The molecule has 60 valence electrons. The first-order chi connectivity index (χ1) is 5.08. The van der Waals surface area contributed by atoms with E-state index in [1.165, 1.54) is 6.33 Å². The van der Waals surface area contributed by atoms with Gasteiger partial charge in [0, 0.05) is 0 Å². The zero-order chi connectivity index (χ0) is 8.32. The third-order valence-electron chi connectivity index (χ3n) is 1.24. The van der Waals surface area contributed by atoms with Gasteiger partial charge < -0.3 is 0 Å². The molecule has 3 heteroatoms. The molecule has 0 atom stereocenters. The molecular formula is C8H13N3. The van der Waals surface area contributed by atoms with E-state index in [2.05, 4.69) is 36.0 Å². The second-order valence-corrected chi connectivity index (χ2v) is 3.84. The van der Waals surface area contributed by atoms with E-state index < -0.39 is 0 Å². The maximum atomic E-state index is 3.95. The summed E-state index contributed by atoms with van der Waals surface area (Å²) in [5.41, 5.74) is 1.22. The van der Waals surface area contributed by atoms with Crippen LogP contribution >= 0.6 is 0 Å². The van der Waals surface area contributed by atoms with Crippen molar-refractivity contribution in [1.82, 2.24) is 15.2 Å². The number of nitrogens with zero attached hydrogens (tertiary/aromatic N) is 3. The number of rotatable bonds is 1. The molecule has 3 nitrogen and oxygen atoms in total. The summed E-state index contributed by atoms with van der Waals surface area (Å²) in [7, 11) is 0. The predicted molar refractivity (Wildman–Crippen MR) is 43.0 cm³/mol. The fraction of sp³-hybridized carbons (Fsp3) is 0.625. The largest absolute Gasteiger partial charge is 0.241 e. The molecule has 0 aliphatic carbocycles. The topological polar surface area (TPSA) is 38.7 Å². The van der Waals surface area contributed by atoms with Crippen molar-refractivity contribution in [2.24, 2.45) is 5.41 Å². The molecule has 0 aromatic carbocycles. The maximum absolute atomic E-state index is 3.95. The van der Waals surface area contributed by atoms with Crippen LogP contribution in [0.25, 0.3) is 0 Å². The van der Waals surface area contributed by atoms with Gasteiger partial charge in [-0.2, -0.15) is 5.10 Å². The van der Waals surface area contributed by atoms with E-state index in [1.54, 1.807) is 6.20 Å². The molecule has 0 unspecified atom stereocenters. The standard InChI is InChI=1S/C8H13N3/c1-8(2,3)4-7-5-9-6-10-11-7/h5-6H,4H2,1-3H3. The van der Waals surface area contributed by atoms with Gasteiger partial charge in [0.1, 0.15) is 6.33 Å². The Kier molecular flexibility index (Phi) is 2.17. The second kappa shape index (κ2) is 2.95. The molecule has 0 spiro atoms. The van der Waals surface area contributed by atoms with Crippen LogP contribution < -0.4 is 0 Å². The third kappa shape index (κ3) is 3.07. The molecule has 0 N–H and O–H groups in total. The summed E-state index contributed by atoms with van der Waals surface area (Å²) >= 11 is 0. The van der Waals surface area contributed by atoms with Crippen molar-refractivity contribution >= 4 is 0 Å². The van der Waals surface area contributed by atoms with Crippen LogP contribution in [0.15, 0.2) is 12.5 Å². The first-order valence-electron chi connectivity index (χ1n) is 3.69. The molecule has 1 aromatic heterocycles. The lowest BCUT2D eigenvalue weighted by Gasteiger charge is -2.15. The molecule has 1 rings (SSSR count). The van der Waals surface area contributed by atoms with Crippen LogP contribution in [-0.4, -0.2) is 15.2 Å². The summed E-state index contributed by atoms with van der Waals surface area (Å²) in [5, 5.41) is 7.66. The van der Waals surface area contributed by atoms with Crippen LogP contribution in [0.5, 0.6) is 0 Å². The lowest BCUT2D eigenvalue weighted by molar-refractivity contribution is 0.403. The number of hydrogen-bond donors (Lipinski definition) is 0. The molecule has 0 radical (unpaired) electrons. The summed E-state index contributed by atoms with van der Waals surface area (Å²) in [5.74, 6) is 0. The van der Waals surface area contributed by atoms with Crippen LogP contribution in [-0.2, 0) is 6.42 Å². The van der Waals surface area contributed by atoms with Gasteiger partial charge in [-0.15, -0.1) is 5.10 Å². The van der Waals surface area contributed by atoms with Gasteiger partial charge in [-0.25, -0.2) is 4.98 Å². The van der Waals surface area contributed by atoms with Gasteiger partial charge in [0.2, 0.25) is 0 Å². The highest BCUT2D eigenvalue weighted by molar-refractivity contribution is 4.94. The molecule has 1 aromatic rings. The molecule has 0 fully saturated rings. The van der Waals surface area contributed by atoms with Crippen LogP contribution in [0, 0.1) is 5.41 Å². The summed E-state index contributed by atoms with van der Waals surface area (Å²) < 4.78 is 0. The zero-order valence-corrected chi connectivity index (χ0v) is 7.20. The van der Waals surface area contributed by atoms with Crippen molar-refractivity contribution in [2.75, 3.05) is 0 Å². The zero-order valence-electron chi connectivity index (χ0n) is 7.20. The molecule has 0 amide bonds. The van der Waals surface area contributed by atoms with E-state index in [-0.39, 0.29) is 5.41 Å². The average molecular weight is 151 g/mol. The first kappa shape index (κ1) is 8.11. The normalized spacial score (nSPS) is 11.5. The highest BCUT2D eigenvalue weighted by Crippen LogP contribution is 2.17. The molecule has 0 saturated carbocycles. The van der Waals surface area contributed by atoms with E-state index in [9.17, 15) is 0 Å².